The number of halogens is 1. The van der Waals surface area contributed by atoms with E-state index < -0.39 is 17.7 Å². The molecule has 8 heteroatoms. The lowest BCUT2D eigenvalue weighted by atomic mass is 9.83. The minimum absolute atomic E-state index is 0.0537. The van der Waals surface area contributed by atoms with Crippen LogP contribution in [0.5, 0.6) is 0 Å². The summed E-state index contributed by atoms with van der Waals surface area (Å²) < 4.78 is 19.9. The third-order valence-electron chi connectivity index (χ3n) is 6.36. The second-order valence-electron chi connectivity index (χ2n) is 8.71. The Hall–Kier alpha value is -4.33. The van der Waals surface area contributed by atoms with Crippen LogP contribution in [0.1, 0.15) is 53.2 Å². The SMILES string of the molecule is CCOC(=O)C1=C(C)N(Cc2ccc(C(=O)NCc3ccncc3)cc2)C(=O)CC1c1ccccc1F. The van der Waals surface area contributed by atoms with Crippen LogP contribution in [0.25, 0.3) is 0 Å². The number of nitrogens with one attached hydrogen (secondary N) is 1. The highest BCUT2D eigenvalue weighted by atomic mass is 19.1. The zero-order chi connectivity index (χ0) is 26.4. The van der Waals surface area contributed by atoms with Crippen LogP contribution in [0.3, 0.4) is 0 Å². The maximum atomic E-state index is 14.6. The average Bonchev–Trinajstić information content (AvgIpc) is 2.90. The molecule has 1 aliphatic rings. The number of benzene rings is 2. The number of amides is 2. The van der Waals surface area contributed by atoms with Crippen molar-refractivity contribution < 1.29 is 23.5 Å². The topological polar surface area (TPSA) is 88.6 Å². The highest BCUT2D eigenvalue weighted by Crippen LogP contribution is 2.38. The molecule has 4 rings (SSSR count). The predicted octanol–water partition coefficient (Wildman–Crippen LogP) is 4.50. The van der Waals surface area contributed by atoms with Crippen LogP contribution in [0.15, 0.2) is 84.3 Å². The summed E-state index contributed by atoms with van der Waals surface area (Å²) in [6, 6.07) is 16.8. The smallest absolute Gasteiger partial charge is 0.336 e. The Balaban J connectivity index is 1.53. The van der Waals surface area contributed by atoms with E-state index in [-0.39, 0.29) is 37.0 Å². The summed E-state index contributed by atoms with van der Waals surface area (Å²) in [6.45, 7) is 4.13. The summed E-state index contributed by atoms with van der Waals surface area (Å²) in [5.41, 5.74) is 3.21. The van der Waals surface area contributed by atoms with Gasteiger partial charge in [0.05, 0.1) is 18.7 Å². The summed E-state index contributed by atoms with van der Waals surface area (Å²) in [5, 5.41) is 2.86. The van der Waals surface area contributed by atoms with Crippen molar-refractivity contribution in [3.63, 3.8) is 0 Å². The van der Waals surface area contributed by atoms with Gasteiger partial charge in [-0.3, -0.25) is 14.6 Å². The molecule has 190 valence electrons. The molecule has 2 amide bonds. The van der Waals surface area contributed by atoms with Crippen molar-refractivity contribution in [3.8, 4) is 0 Å². The summed E-state index contributed by atoms with van der Waals surface area (Å²) in [4.78, 5) is 44.1. The molecule has 0 radical (unpaired) electrons. The zero-order valence-corrected chi connectivity index (χ0v) is 20.7. The molecule has 0 saturated heterocycles. The van der Waals surface area contributed by atoms with Crippen molar-refractivity contribution in [2.75, 3.05) is 6.61 Å². The van der Waals surface area contributed by atoms with Gasteiger partial charge in [0, 0.05) is 42.5 Å². The molecule has 0 spiro atoms. The maximum Gasteiger partial charge on any atom is 0.336 e. The molecule has 1 aliphatic heterocycles. The molecule has 7 nitrogen and oxygen atoms in total. The van der Waals surface area contributed by atoms with Crippen molar-refractivity contribution >= 4 is 17.8 Å². The Kier molecular flexibility index (Phi) is 8.08. The van der Waals surface area contributed by atoms with Crippen LogP contribution in [-0.2, 0) is 27.4 Å². The molecular formula is C29H28FN3O4. The standard InChI is InChI=1S/C29H28FN3O4/c1-3-37-29(36)27-19(2)33(26(34)16-24(27)23-6-4-5-7-25(23)30)18-21-8-10-22(11-9-21)28(35)32-17-20-12-14-31-15-13-20/h4-15,24H,3,16-18H2,1-2H3,(H,32,35). The molecule has 1 N–H and O–H groups in total. The number of carbonyl (C=O) groups is 3. The quantitative estimate of drug-likeness (QED) is 0.459. The van der Waals surface area contributed by atoms with Gasteiger partial charge in [0.1, 0.15) is 5.82 Å². The normalized spacial score (nSPS) is 15.5. The van der Waals surface area contributed by atoms with Crippen LogP contribution >= 0.6 is 0 Å². The zero-order valence-electron chi connectivity index (χ0n) is 20.7. The van der Waals surface area contributed by atoms with Crippen LogP contribution in [0.2, 0.25) is 0 Å². The van der Waals surface area contributed by atoms with Crippen LogP contribution in [-0.4, -0.2) is 34.3 Å². The number of aromatic nitrogens is 1. The van der Waals surface area contributed by atoms with E-state index >= 15 is 0 Å². The lowest BCUT2D eigenvalue weighted by Gasteiger charge is -2.34. The number of hydrogen-bond donors (Lipinski definition) is 1. The Labute approximate surface area is 215 Å². The summed E-state index contributed by atoms with van der Waals surface area (Å²) in [7, 11) is 0. The van der Waals surface area contributed by atoms with Gasteiger partial charge in [0.15, 0.2) is 0 Å². The van der Waals surface area contributed by atoms with E-state index in [4.69, 9.17) is 4.74 Å². The fourth-order valence-electron chi connectivity index (χ4n) is 4.43. The first-order valence-corrected chi connectivity index (χ1v) is 12.1. The van der Waals surface area contributed by atoms with Crippen molar-refractivity contribution in [2.45, 2.75) is 39.3 Å². The predicted molar refractivity (Wildman–Crippen MR) is 135 cm³/mol. The monoisotopic (exact) mass is 501 g/mol. The molecule has 3 aromatic rings. The molecule has 2 aromatic carbocycles. The molecule has 37 heavy (non-hydrogen) atoms. The number of esters is 1. The first-order valence-electron chi connectivity index (χ1n) is 12.1. The number of pyridine rings is 1. The van der Waals surface area contributed by atoms with Gasteiger partial charge in [-0.05, 0) is 60.9 Å². The molecule has 0 saturated carbocycles. The molecule has 0 fully saturated rings. The maximum absolute atomic E-state index is 14.6. The van der Waals surface area contributed by atoms with Crippen molar-refractivity contribution in [3.05, 3.63) is 112 Å². The number of hydrogen-bond acceptors (Lipinski definition) is 5. The third-order valence-corrected chi connectivity index (χ3v) is 6.36. The molecule has 1 atom stereocenters. The van der Waals surface area contributed by atoms with E-state index in [9.17, 15) is 18.8 Å². The minimum Gasteiger partial charge on any atom is -0.463 e. The van der Waals surface area contributed by atoms with Crippen molar-refractivity contribution in [1.82, 2.24) is 15.2 Å². The molecule has 2 heterocycles. The second kappa shape index (κ2) is 11.6. The number of nitrogens with zero attached hydrogens (tertiary/aromatic N) is 2. The average molecular weight is 502 g/mol. The van der Waals surface area contributed by atoms with Gasteiger partial charge in [0.2, 0.25) is 5.91 Å². The Morgan fingerprint density at radius 1 is 1.05 bits per heavy atom. The Bertz CT molecular complexity index is 1320. The number of rotatable bonds is 8. The highest BCUT2D eigenvalue weighted by molar-refractivity contribution is 5.96. The van der Waals surface area contributed by atoms with E-state index in [1.165, 1.54) is 11.0 Å². The summed E-state index contributed by atoms with van der Waals surface area (Å²) >= 11 is 0. The van der Waals surface area contributed by atoms with Gasteiger partial charge in [-0.25, -0.2) is 9.18 Å². The lowest BCUT2D eigenvalue weighted by molar-refractivity contribution is -0.140. The molecule has 1 aromatic heterocycles. The molecular weight excluding hydrogens is 473 g/mol. The van der Waals surface area contributed by atoms with Gasteiger partial charge < -0.3 is 15.0 Å². The number of ether oxygens (including phenoxy) is 1. The summed E-state index contributed by atoms with van der Waals surface area (Å²) in [6.07, 6.45) is 3.28. The first kappa shape index (κ1) is 25.8. The van der Waals surface area contributed by atoms with E-state index in [1.807, 2.05) is 12.1 Å². The first-order chi connectivity index (χ1) is 17.9. The lowest BCUT2D eigenvalue weighted by Crippen LogP contribution is -2.38. The van der Waals surface area contributed by atoms with Crippen LogP contribution in [0.4, 0.5) is 4.39 Å². The fraction of sp³-hybridized carbons (Fsp3) is 0.241. The Morgan fingerprint density at radius 2 is 1.76 bits per heavy atom. The number of carbonyl (C=O) groups excluding carboxylic acids is 3. The van der Waals surface area contributed by atoms with Crippen molar-refractivity contribution in [1.29, 1.82) is 0 Å². The van der Waals surface area contributed by atoms with E-state index in [0.717, 1.165) is 11.1 Å². The highest BCUT2D eigenvalue weighted by Gasteiger charge is 2.37. The molecule has 1 unspecified atom stereocenters. The minimum atomic E-state index is -0.726. The van der Waals surface area contributed by atoms with Gasteiger partial charge in [-0.2, -0.15) is 0 Å². The van der Waals surface area contributed by atoms with Crippen LogP contribution < -0.4 is 5.32 Å². The summed E-state index contributed by atoms with van der Waals surface area (Å²) in [5.74, 6) is -2.20. The van der Waals surface area contributed by atoms with E-state index in [2.05, 4.69) is 10.3 Å². The fourth-order valence-corrected chi connectivity index (χ4v) is 4.43. The van der Waals surface area contributed by atoms with E-state index in [1.54, 1.807) is 68.7 Å². The third kappa shape index (κ3) is 5.91. The van der Waals surface area contributed by atoms with E-state index in [0.29, 0.717) is 23.4 Å². The van der Waals surface area contributed by atoms with Gasteiger partial charge in [-0.15, -0.1) is 0 Å². The second-order valence-corrected chi connectivity index (χ2v) is 8.71. The van der Waals surface area contributed by atoms with Crippen LogP contribution in [0, 0.1) is 5.82 Å². The van der Waals surface area contributed by atoms with Gasteiger partial charge in [0.25, 0.3) is 5.91 Å². The molecule has 0 aliphatic carbocycles. The largest absolute Gasteiger partial charge is 0.463 e. The Morgan fingerprint density at radius 3 is 2.43 bits per heavy atom. The number of allylic oxidation sites excluding steroid dienone is 1. The molecule has 0 bridgehead atoms. The van der Waals surface area contributed by atoms with Gasteiger partial charge in [-0.1, -0.05) is 30.3 Å². The van der Waals surface area contributed by atoms with Crippen molar-refractivity contribution in [2.24, 2.45) is 0 Å². The van der Waals surface area contributed by atoms with Gasteiger partial charge >= 0.3 is 5.97 Å².